The quantitative estimate of drug-likeness (QED) is 0.667. The van der Waals surface area contributed by atoms with Crippen LogP contribution in [0.15, 0.2) is 30.3 Å². The molecule has 2 N–H and O–H groups in total. The van der Waals surface area contributed by atoms with Gasteiger partial charge in [0.15, 0.2) is 0 Å². The average molecular weight is 416 g/mol. The summed E-state index contributed by atoms with van der Waals surface area (Å²) in [5.41, 5.74) is 0.241. The summed E-state index contributed by atoms with van der Waals surface area (Å²) in [6.07, 6.45) is 2.60. The lowest BCUT2D eigenvalue weighted by atomic mass is 9.75. The normalized spacial score (nSPS) is 23.4. The number of hydrogen-bond acceptors (Lipinski definition) is 4. The molecule has 164 valence electrons. The standard InChI is InChI=1S/C22H33BN2O5/c1-21(2)22(3,4)30-23(29-21)18(14-8-12-16-10-6-5-7-11-16)24-19(26)17-13-9-15-25(17)20(27)28/h5-7,10-11,17-18H,8-9,12-15H2,1-4H3,(H,24,26)(H,27,28)/t17-,18+/m1/s1. The fraction of sp³-hybridized carbons (Fsp3) is 0.636. The lowest BCUT2D eigenvalue weighted by Gasteiger charge is -2.32. The number of likely N-dealkylation sites (tertiary alicyclic amines) is 1. The Bertz CT molecular complexity index is 739. The van der Waals surface area contributed by atoms with Gasteiger partial charge in [-0.3, -0.25) is 9.69 Å². The smallest absolute Gasteiger partial charge is 0.465 e. The Morgan fingerprint density at radius 2 is 1.83 bits per heavy atom. The maximum Gasteiger partial charge on any atom is 0.481 e. The minimum atomic E-state index is -1.05. The van der Waals surface area contributed by atoms with Gasteiger partial charge in [-0.2, -0.15) is 0 Å². The van der Waals surface area contributed by atoms with Gasteiger partial charge in [0.25, 0.3) is 0 Å². The number of rotatable bonds is 7. The van der Waals surface area contributed by atoms with Crippen LogP contribution in [0.3, 0.4) is 0 Å². The molecule has 0 aliphatic carbocycles. The highest BCUT2D eigenvalue weighted by atomic mass is 16.7. The first-order valence-corrected chi connectivity index (χ1v) is 10.8. The summed E-state index contributed by atoms with van der Waals surface area (Å²) < 4.78 is 12.4. The van der Waals surface area contributed by atoms with E-state index in [1.54, 1.807) is 0 Å². The summed E-state index contributed by atoms with van der Waals surface area (Å²) >= 11 is 0. The summed E-state index contributed by atoms with van der Waals surface area (Å²) in [4.78, 5) is 25.6. The first kappa shape index (κ1) is 22.6. The molecule has 2 atom stereocenters. The van der Waals surface area contributed by atoms with E-state index in [1.807, 2.05) is 45.9 Å². The second-order valence-electron chi connectivity index (χ2n) is 9.25. The second kappa shape index (κ2) is 8.98. The van der Waals surface area contributed by atoms with Crippen molar-refractivity contribution in [1.29, 1.82) is 0 Å². The van der Waals surface area contributed by atoms with Crippen molar-refractivity contribution in [1.82, 2.24) is 10.2 Å². The first-order chi connectivity index (χ1) is 14.1. The monoisotopic (exact) mass is 416 g/mol. The Balaban J connectivity index is 1.69. The molecule has 30 heavy (non-hydrogen) atoms. The summed E-state index contributed by atoms with van der Waals surface area (Å²) in [7, 11) is -0.575. The number of carbonyl (C=O) groups is 2. The summed E-state index contributed by atoms with van der Waals surface area (Å²) in [5, 5.41) is 12.4. The number of benzene rings is 1. The molecule has 2 heterocycles. The van der Waals surface area contributed by atoms with Gasteiger partial charge in [0, 0.05) is 6.54 Å². The van der Waals surface area contributed by atoms with Gasteiger partial charge < -0.3 is 19.7 Å². The Kier molecular flexibility index (Phi) is 6.77. The van der Waals surface area contributed by atoms with Crippen molar-refractivity contribution in [2.75, 3.05) is 6.54 Å². The number of nitrogens with one attached hydrogen (secondary N) is 1. The molecule has 3 rings (SSSR count). The van der Waals surface area contributed by atoms with E-state index in [1.165, 1.54) is 10.5 Å². The summed E-state index contributed by atoms with van der Waals surface area (Å²) in [5.74, 6) is -0.618. The second-order valence-corrected chi connectivity index (χ2v) is 9.25. The molecule has 2 aliphatic heterocycles. The Labute approximate surface area is 179 Å². The van der Waals surface area contributed by atoms with Crippen LogP contribution in [-0.4, -0.2) is 58.9 Å². The van der Waals surface area contributed by atoms with Crippen LogP contribution in [0.5, 0.6) is 0 Å². The van der Waals surface area contributed by atoms with Crippen molar-refractivity contribution < 1.29 is 24.0 Å². The van der Waals surface area contributed by atoms with Gasteiger partial charge in [0.1, 0.15) is 6.04 Å². The van der Waals surface area contributed by atoms with Crippen LogP contribution in [0.2, 0.25) is 0 Å². The van der Waals surface area contributed by atoms with Gasteiger partial charge >= 0.3 is 13.2 Å². The van der Waals surface area contributed by atoms with Gasteiger partial charge in [0.05, 0.1) is 17.1 Å². The molecule has 2 saturated heterocycles. The third kappa shape index (κ3) is 4.98. The molecule has 8 heteroatoms. The highest BCUT2D eigenvalue weighted by molar-refractivity contribution is 6.48. The van der Waals surface area contributed by atoms with Gasteiger partial charge in [-0.1, -0.05) is 30.3 Å². The van der Waals surface area contributed by atoms with Crippen LogP contribution < -0.4 is 5.32 Å². The zero-order valence-electron chi connectivity index (χ0n) is 18.4. The average Bonchev–Trinajstić information content (AvgIpc) is 3.24. The molecule has 0 radical (unpaired) electrons. The zero-order chi connectivity index (χ0) is 21.9. The van der Waals surface area contributed by atoms with E-state index < -0.39 is 30.5 Å². The SMILES string of the molecule is CC1(C)OB([C@H](CCCc2ccccc2)NC(=O)[C@H]2CCCN2C(=O)O)OC1(C)C. The molecule has 0 aromatic heterocycles. The van der Waals surface area contributed by atoms with E-state index in [2.05, 4.69) is 17.4 Å². The molecule has 0 bridgehead atoms. The number of aryl methyl sites for hydroxylation is 1. The molecule has 0 saturated carbocycles. The number of nitrogens with zero attached hydrogens (tertiary/aromatic N) is 1. The van der Waals surface area contributed by atoms with Crippen molar-refractivity contribution in [3.05, 3.63) is 35.9 Å². The molecule has 2 amide bonds. The molecule has 1 aromatic rings. The molecule has 7 nitrogen and oxygen atoms in total. The molecular weight excluding hydrogens is 383 g/mol. The molecule has 2 aliphatic rings. The Morgan fingerprint density at radius 1 is 1.20 bits per heavy atom. The highest BCUT2D eigenvalue weighted by Crippen LogP contribution is 2.38. The predicted octanol–water partition coefficient (Wildman–Crippen LogP) is 3.27. The highest BCUT2D eigenvalue weighted by Gasteiger charge is 2.54. The van der Waals surface area contributed by atoms with Crippen LogP contribution in [0.1, 0.15) is 58.9 Å². The van der Waals surface area contributed by atoms with Crippen molar-refractivity contribution in [3.63, 3.8) is 0 Å². The lowest BCUT2D eigenvalue weighted by Crippen LogP contribution is -2.54. The number of carbonyl (C=O) groups excluding carboxylic acids is 1. The number of carboxylic acid groups (broad SMARTS) is 1. The molecular formula is C22H33BN2O5. The van der Waals surface area contributed by atoms with Crippen LogP contribution in [0.25, 0.3) is 0 Å². The number of amides is 2. The maximum atomic E-state index is 13.0. The molecule has 0 unspecified atom stereocenters. The molecule has 0 spiro atoms. The van der Waals surface area contributed by atoms with E-state index in [0.29, 0.717) is 25.8 Å². The van der Waals surface area contributed by atoms with Crippen molar-refractivity contribution in [2.24, 2.45) is 0 Å². The van der Waals surface area contributed by atoms with Crippen LogP contribution in [0, 0.1) is 0 Å². The van der Waals surface area contributed by atoms with Crippen LogP contribution in [0.4, 0.5) is 4.79 Å². The fourth-order valence-corrected chi connectivity index (χ4v) is 4.05. The van der Waals surface area contributed by atoms with Gasteiger partial charge in [0.2, 0.25) is 5.91 Å². The topological polar surface area (TPSA) is 88.1 Å². The number of hydrogen-bond donors (Lipinski definition) is 2. The predicted molar refractivity (Wildman–Crippen MR) is 115 cm³/mol. The Morgan fingerprint density at radius 3 is 2.43 bits per heavy atom. The van der Waals surface area contributed by atoms with E-state index in [-0.39, 0.29) is 11.8 Å². The first-order valence-electron chi connectivity index (χ1n) is 10.8. The fourth-order valence-electron chi connectivity index (χ4n) is 4.05. The van der Waals surface area contributed by atoms with Crippen molar-refractivity contribution >= 4 is 19.1 Å². The Hall–Kier alpha value is -2.06. The van der Waals surface area contributed by atoms with E-state index in [0.717, 1.165) is 12.8 Å². The third-order valence-corrected chi connectivity index (χ3v) is 6.55. The lowest BCUT2D eigenvalue weighted by molar-refractivity contribution is -0.125. The maximum absolute atomic E-state index is 13.0. The molecule has 2 fully saturated rings. The summed E-state index contributed by atoms with van der Waals surface area (Å²) in [6, 6.07) is 9.55. The van der Waals surface area contributed by atoms with E-state index in [9.17, 15) is 14.7 Å². The minimum Gasteiger partial charge on any atom is -0.465 e. The van der Waals surface area contributed by atoms with Crippen molar-refractivity contribution in [3.8, 4) is 0 Å². The van der Waals surface area contributed by atoms with E-state index in [4.69, 9.17) is 9.31 Å². The zero-order valence-corrected chi connectivity index (χ0v) is 18.4. The third-order valence-electron chi connectivity index (χ3n) is 6.55. The molecule has 1 aromatic carbocycles. The summed E-state index contributed by atoms with van der Waals surface area (Å²) in [6.45, 7) is 8.33. The van der Waals surface area contributed by atoms with Crippen LogP contribution in [-0.2, 0) is 20.5 Å². The van der Waals surface area contributed by atoms with Gasteiger partial charge in [-0.25, -0.2) is 4.79 Å². The van der Waals surface area contributed by atoms with Crippen LogP contribution >= 0.6 is 0 Å². The largest absolute Gasteiger partial charge is 0.481 e. The van der Waals surface area contributed by atoms with Gasteiger partial charge in [-0.05, 0) is 65.4 Å². The van der Waals surface area contributed by atoms with Crippen molar-refractivity contribution in [2.45, 2.75) is 83.0 Å². The van der Waals surface area contributed by atoms with E-state index >= 15 is 0 Å². The minimum absolute atomic E-state index is 0.269. The van der Waals surface area contributed by atoms with Gasteiger partial charge in [-0.15, -0.1) is 0 Å².